The molecule has 0 fully saturated rings. The molecule has 0 aliphatic rings. The Morgan fingerprint density at radius 3 is 0.750 bits per heavy atom. The first-order valence-corrected chi connectivity index (χ1v) is 14.2. The van der Waals surface area contributed by atoms with Crippen LogP contribution in [0.5, 0.6) is 0 Å². The molecule has 12 heavy (non-hydrogen) atoms. The maximum absolute atomic E-state index is 18.7. The summed E-state index contributed by atoms with van der Waals surface area (Å²) in [4.78, 5) is 0. The molecule has 0 amide bonds. The van der Waals surface area contributed by atoms with Crippen LogP contribution in [0, 0.1) is 0 Å². The van der Waals surface area contributed by atoms with Crippen LogP contribution in [0.1, 0.15) is 0 Å². The molecule has 81 valence electrons. The van der Waals surface area contributed by atoms with E-state index in [1.165, 1.54) is 0 Å². The van der Waals surface area contributed by atoms with Crippen molar-refractivity contribution in [2.24, 2.45) is 0 Å². The van der Waals surface area contributed by atoms with Crippen molar-refractivity contribution in [1.29, 1.82) is 0 Å². The second-order valence-corrected chi connectivity index (χ2v) is 24.7. The van der Waals surface area contributed by atoms with Crippen LogP contribution in [0.3, 0.4) is 0 Å². The third-order valence-corrected chi connectivity index (χ3v) is 0. The fourth-order valence-electron chi connectivity index (χ4n) is 0. The van der Waals surface area contributed by atoms with Crippen LogP contribution in [0.2, 0.25) is 0 Å². The van der Waals surface area contributed by atoms with Crippen LogP contribution in [-0.2, 0) is 19.9 Å². The molecule has 4 N–H and O–H groups in total. The van der Waals surface area contributed by atoms with Gasteiger partial charge < -0.3 is 6.15 Å². The zero-order valence-corrected chi connectivity index (χ0v) is 8.53. The molecule has 12 heteroatoms. The molecule has 0 aromatic heterocycles. The van der Waals surface area contributed by atoms with Crippen molar-refractivity contribution in [3.05, 3.63) is 0 Å². The van der Waals surface area contributed by atoms with Crippen molar-refractivity contribution < 1.29 is 44.7 Å². The Bertz CT molecular complexity index is 512. The van der Waals surface area contributed by atoms with Crippen LogP contribution in [0.25, 0.3) is 0 Å². The molecule has 0 bridgehead atoms. The van der Waals surface area contributed by atoms with E-state index in [2.05, 4.69) is 0 Å². The maximum atomic E-state index is 10.3. The van der Waals surface area contributed by atoms with Gasteiger partial charge in [-0.25, -0.2) is 0 Å². The SMILES string of the molecule is [NH4+].[O]=[Ta](=[O])([O-])([F])([F])([F])([F])([F])([F])[F]. The fraction of sp³-hybridized carbons (Fsp3) is 0. The first-order chi connectivity index (χ1) is 3.16. The second kappa shape index (κ2) is 0.513. The normalized spacial score (nSPS) is 35.7. The summed E-state index contributed by atoms with van der Waals surface area (Å²) < 4.78 is 95.9. The molecular weight excluding hydrogens is 376 g/mol. The van der Waals surface area contributed by atoms with Gasteiger partial charge in [0.25, 0.3) is 0 Å². The monoisotopic (exact) mass is 380 g/mol. The topological polar surface area (TPSA) is 93.7 Å². The zero-order chi connectivity index (χ0) is 10.3. The molecule has 4 nitrogen and oxygen atoms in total. The summed E-state index contributed by atoms with van der Waals surface area (Å²) in [6, 6.07) is 0. The third-order valence-electron chi connectivity index (χ3n) is 0. The van der Waals surface area contributed by atoms with E-state index in [0.29, 0.717) is 0 Å². The minimum atomic E-state index is -18.7. The van der Waals surface area contributed by atoms with Gasteiger partial charge >= 0.3 is 44.7 Å². The van der Waals surface area contributed by atoms with Crippen molar-refractivity contribution in [2.75, 3.05) is 0 Å². The Morgan fingerprint density at radius 2 is 0.750 bits per heavy atom. The van der Waals surface area contributed by atoms with Crippen molar-refractivity contribution in [1.82, 2.24) is 6.15 Å². The molecule has 0 spiro atoms. The number of halogens is 7. The van der Waals surface area contributed by atoms with Crippen molar-refractivity contribution in [3.8, 4) is 0 Å². The van der Waals surface area contributed by atoms with Gasteiger partial charge in [-0.2, -0.15) is 0 Å². The van der Waals surface area contributed by atoms with Gasteiger partial charge in [-0.3, -0.25) is 0 Å². The second-order valence-electron chi connectivity index (χ2n) is 3.01. The van der Waals surface area contributed by atoms with E-state index in [1.807, 2.05) is 0 Å². The average molecular weight is 380 g/mol. The molecular formula is H4F7NO3Ta. The molecule has 0 heterocycles. The van der Waals surface area contributed by atoms with E-state index in [0.717, 1.165) is 0 Å². The predicted octanol–water partition coefficient (Wildman–Crippen LogP) is 1.89. The van der Waals surface area contributed by atoms with Gasteiger partial charge in [0.15, 0.2) is 0 Å². The van der Waals surface area contributed by atoms with E-state index in [4.69, 9.17) is 10.1 Å². The van der Waals surface area contributed by atoms with Gasteiger partial charge in [0.2, 0.25) is 0 Å². The molecule has 0 unspecified atom stereocenters. The molecule has 0 atom stereocenters. The summed E-state index contributed by atoms with van der Waals surface area (Å²) in [5, 5.41) is 0. The standard InChI is InChI=1S/7FH.H3N.3O.Ta/h7*1H;1H3;;;;/q;;;;;;;;;;-1;+7/p-6. The number of quaternary nitrogens is 1. The van der Waals surface area contributed by atoms with E-state index in [-0.39, 0.29) is 6.15 Å². The number of rotatable bonds is 0. The van der Waals surface area contributed by atoms with Crippen molar-refractivity contribution >= 4 is 0 Å². The van der Waals surface area contributed by atoms with Crippen LogP contribution in [-0.4, -0.2) is 0 Å². The Hall–Kier alpha value is -0.230. The average Bonchev–Trinajstić information content (AvgIpc) is 0.439. The summed E-state index contributed by atoms with van der Waals surface area (Å²) in [6.07, 6.45) is 0. The molecule has 0 aliphatic carbocycles. The molecule has 0 rings (SSSR count). The van der Waals surface area contributed by atoms with E-state index in [1.54, 1.807) is 0 Å². The van der Waals surface area contributed by atoms with Gasteiger partial charge in [0, 0.05) is 0 Å². The van der Waals surface area contributed by atoms with Crippen molar-refractivity contribution in [2.45, 2.75) is 0 Å². The van der Waals surface area contributed by atoms with Gasteiger partial charge in [-0.1, -0.05) is 0 Å². The van der Waals surface area contributed by atoms with E-state index < -0.39 is 13.4 Å². The summed E-state index contributed by atoms with van der Waals surface area (Å²) in [5.41, 5.74) is 0. The van der Waals surface area contributed by atoms with E-state index >= 15 is 0 Å². The summed E-state index contributed by atoms with van der Waals surface area (Å²) in [7, 11) is 0. The van der Waals surface area contributed by atoms with Gasteiger partial charge in [0.05, 0.1) is 0 Å². The Balaban J connectivity index is 0. The number of hydrogen-bond acceptors (Lipinski definition) is 3. The van der Waals surface area contributed by atoms with Crippen LogP contribution in [0.15, 0.2) is 0 Å². The predicted molar refractivity (Wildman–Crippen MR) is 15.1 cm³/mol. The molecule has 0 aromatic rings. The summed E-state index contributed by atoms with van der Waals surface area (Å²) in [5.74, 6) is 0. The molecule has 0 radical (unpaired) electrons. The summed E-state index contributed by atoms with van der Waals surface area (Å²) >= 11 is -18.7. The Morgan fingerprint density at radius 1 is 0.750 bits per heavy atom. The molecule has 0 aromatic carbocycles. The third kappa shape index (κ3) is 14200. The van der Waals surface area contributed by atoms with Gasteiger partial charge in [0.1, 0.15) is 0 Å². The summed E-state index contributed by atoms with van der Waals surface area (Å²) in [6.45, 7) is 0. The van der Waals surface area contributed by atoms with Crippen molar-refractivity contribution in [3.63, 3.8) is 0 Å². The molecule has 0 saturated carbocycles. The van der Waals surface area contributed by atoms with E-state index in [9.17, 15) is 21.2 Å². The van der Waals surface area contributed by atoms with Crippen LogP contribution < -0.4 is 9.77 Å². The Kier molecular flexibility index (Phi) is 0.611. The van der Waals surface area contributed by atoms with Crippen LogP contribution in [0.4, 0.5) is 21.2 Å². The number of hydrogen-bond donors (Lipinski definition) is 1. The van der Waals surface area contributed by atoms with Gasteiger partial charge in [-0.05, 0) is 0 Å². The minimum absolute atomic E-state index is 0. The molecule has 0 aliphatic heterocycles. The Labute approximate surface area is 51.6 Å². The molecule has 0 saturated heterocycles. The zero-order valence-electron chi connectivity index (χ0n) is 5.32. The fourth-order valence-corrected chi connectivity index (χ4v) is 0. The first-order valence-electron chi connectivity index (χ1n) is 1.73. The van der Waals surface area contributed by atoms with Gasteiger partial charge in [-0.15, -0.1) is 0 Å². The quantitative estimate of drug-likeness (QED) is 0.651. The van der Waals surface area contributed by atoms with Crippen LogP contribution >= 0.6 is 0 Å². The first kappa shape index (κ1) is 14.3.